The lowest BCUT2D eigenvalue weighted by molar-refractivity contribution is 0.713. The van der Waals surface area contributed by atoms with Gasteiger partial charge in [0.1, 0.15) is 0 Å². The van der Waals surface area contributed by atoms with E-state index in [0.717, 1.165) is 22.6 Å². The first kappa shape index (κ1) is 13.2. The zero-order chi connectivity index (χ0) is 13.3. The van der Waals surface area contributed by atoms with E-state index in [1.807, 2.05) is 39.1 Å². The maximum absolute atomic E-state index is 6.19. The molecule has 0 radical (unpaired) electrons. The Bertz CT molecular complexity index is 576. The first-order valence-electron chi connectivity index (χ1n) is 5.67. The average molecular weight is 284 g/mol. The molecule has 1 heterocycles. The number of rotatable bonds is 3. The minimum Gasteiger partial charge on any atom is -0.378 e. The van der Waals surface area contributed by atoms with E-state index in [4.69, 9.17) is 23.2 Å². The van der Waals surface area contributed by atoms with Gasteiger partial charge in [0, 0.05) is 7.05 Å². The molecule has 0 atom stereocenters. The molecule has 1 aromatic carbocycles. The van der Waals surface area contributed by atoms with Gasteiger partial charge < -0.3 is 5.32 Å². The van der Waals surface area contributed by atoms with E-state index in [9.17, 15) is 0 Å². The Morgan fingerprint density at radius 1 is 1.28 bits per heavy atom. The van der Waals surface area contributed by atoms with E-state index >= 15 is 0 Å². The summed E-state index contributed by atoms with van der Waals surface area (Å²) in [4.78, 5) is 0. The summed E-state index contributed by atoms with van der Waals surface area (Å²) in [5.41, 5.74) is 3.83. The fourth-order valence-corrected chi connectivity index (χ4v) is 2.34. The number of nitrogens with one attached hydrogen (secondary N) is 1. The summed E-state index contributed by atoms with van der Waals surface area (Å²) in [6, 6.07) is 5.92. The molecule has 0 aliphatic carbocycles. The Hall–Kier alpha value is -1.19. The van der Waals surface area contributed by atoms with Gasteiger partial charge in [-0.1, -0.05) is 29.3 Å². The van der Waals surface area contributed by atoms with Crippen molar-refractivity contribution in [1.82, 2.24) is 9.78 Å². The number of hydrogen-bond acceptors (Lipinski definition) is 2. The number of anilines is 1. The van der Waals surface area contributed by atoms with Crippen LogP contribution in [0.5, 0.6) is 0 Å². The zero-order valence-corrected chi connectivity index (χ0v) is 12.1. The fourth-order valence-electron chi connectivity index (χ4n) is 1.81. The molecule has 2 rings (SSSR count). The van der Waals surface area contributed by atoms with Crippen LogP contribution in [0.2, 0.25) is 10.0 Å². The minimum atomic E-state index is 0.596. The zero-order valence-electron chi connectivity index (χ0n) is 10.6. The summed E-state index contributed by atoms with van der Waals surface area (Å²) in [6.45, 7) is 4.50. The van der Waals surface area contributed by atoms with Crippen molar-refractivity contribution < 1.29 is 0 Å². The number of aryl methyl sites for hydroxylation is 3. The molecule has 1 N–H and O–H groups in total. The van der Waals surface area contributed by atoms with Crippen molar-refractivity contribution in [2.75, 3.05) is 5.32 Å². The second-order valence-electron chi connectivity index (χ2n) is 4.31. The molecule has 0 saturated heterocycles. The Kier molecular flexibility index (Phi) is 3.83. The summed E-state index contributed by atoms with van der Waals surface area (Å²) in [5, 5.41) is 8.96. The van der Waals surface area contributed by atoms with Crippen molar-refractivity contribution in [3.05, 3.63) is 45.2 Å². The Morgan fingerprint density at radius 2 is 2.00 bits per heavy atom. The Labute approximate surface area is 117 Å². The van der Waals surface area contributed by atoms with Crippen LogP contribution in [-0.4, -0.2) is 9.78 Å². The molecule has 0 fully saturated rings. The molecule has 0 aliphatic heterocycles. The van der Waals surface area contributed by atoms with Crippen molar-refractivity contribution in [1.29, 1.82) is 0 Å². The molecule has 0 aliphatic rings. The molecule has 0 spiro atoms. The van der Waals surface area contributed by atoms with Crippen molar-refractivity contribution in [2.24, 2.45) is 7.05 Å². The van der Waals surface area contributed by atoms with Gasteiger partial charge in [0.05, 0.1) is 33.7 Å². The second-order valence-corrected chi connectivity index (χ2v) is 5.09. The quantitative estimate of drug-likeness (QED) is 0.924. The summed E-state index contributed by atoms with van der Waals surface area (Å²) < 4.78 is 1.78. The summed E-state index contributed by atoms with van der Waals surface area (Å²) >= 11 is 12.4. The van der Waals surface area contributed by atoms with Crippen LogP contribution >= 0.6 is 23.2 Å². The standard InChI is InChI=1S/C13H15Cl2N3/c1-8-4-5-11(10(14)6-8)16-7-12-13(15)9(2)17-18(12)3/h4-6,16H,7H2,1-3H3. The molecule has 0 amide bonds. The van der Waals surface area contributed by atoms with Crippen LogP contribution in [0, 0.1) is 13.8 Å². The van der Waals surface area contributed by atoms with E-state index in [1.54, 1.807) is 4.68 Å². The molecule has 0 saturated carbocycles. The number of aromatic nitrogens is 2. The highest BCUT2D eigenvalue weighted by atomic mass is 35.5. The van der Waals surface area contributed by atoms with Crippen LogP contribution in [0.15, 0.2) is 18.2 Å². The molecule has 3 nitrogen and oxygen atoms in total. The van der Waals surface area contributed by atoms with Crippen LogP contribution in [-0.2, 0) is 13.6 Å². The number of hydrogen-bond donors (Lipinski definition) is 1. The van der Waals surface area contributed by atoms with Gasteiger partial charge in [-0.15, -0.1) is 0 Å². The maximum atomic E-state index is 6.19. The van der Waals surface area contributed by atoms with Crippen molar-refractivity contribution in [3.8, 4) is 0 Å². The summed E-state index contributed by atoms with van der Waals surface area (Å²) in [6.07, 6.45) is 0. The van der Waals surface area contributed by atoms with E-state index < -0.39 is 0 Å². The fraction of sp³-hybridized carbons (Fsp3) is 0.308. The number of benzene rings is 1. The largest absolute Gasteiger partial charge is 0.378 e. The number of nitrogens with zero attached hydrogens (tertiary/aromatic N) is 2. The molecule has 5 heteroatoms. The van der Waals surface area contributed by atoms with Crippen LogP contribution < -0.4 is 5.32 Å². The lowest BCUT2D eigenvalue weighted by Crippen LogP contribution is -2.06. The lowest BCUT2D eigenvalue weighted by atomic mass is 10.2. The van der Waals surface area contributed by atoms with E-state index in [2.05, 4.69) is 10.4 Å². The molecular weight excluding hydrogens is 269 g/mol. The smallest absolute Gasteiger partial charge is 0.0865 e. The minimum absolute atomic E-state index is 0.596. The van der Waals surface area contributed by atoms with Crippen LogP contribution in [0.25, 0.3) is 0 Å². The van der Waals surface area contributed by atoms with Crippen molar-refractivity contribution in [2.45, 2.75) is 20.4 Å². The van der Waals surface area contributed by atoms with Gasteiger partial charge in [0.15, 0.2) is 0 Å². The monoisotopic (exact) mass is 283 g/mol. The van der Waals surface area contributed by atoms with Gasteiger partial charge in [-0.25, -0.2) is 0 Å². The van der Waals surface area contributed by atoms with Crippen LogP contribution in [0.4, 0.5) is 5.69 Å². The highest BCUT2D eigenvalue weighted by Gasteiger charge is 2.11. The van der Waals surface area contributed by atoms with Gasteiger partial charge >= 0.3 is 0 Å². The third-order valence-corrected chi connectivity index (χ3v) is 3.64. The van der Waals surface area contributed by atoms with E-state index in [1.165, 1.54) is 0 Å². The maximum Gasteiger partial charge on any atom is 0.0865 e. The van der Waals surface area contributed by atoms with Crippen LogP contribution in [0.3, 0.4) is 0 Å². The predicted octanol–water partition coefficient (Wildman–Crippen LogP) is 3.96. The summed E-state index contributed by atoms with van der Waals surface area (Å²) in [7, 11) is 1.88. The second kappa shape index (κ2) is 5.21. The van der Waals surface area contributed by atoms with Crippen LogP contribution in [0.1, 0.15) is 17.0 Å². The third-order valence-electron chi connectivity index (χ3n) is 2.83. The van der Waals surface area contributed by atoms with Gasteiger partial charge in [0.2, 0.25) is 0 Å². The van der Waals surface area contributed by atoms with E-state index in [0.29, 0.717) is 16.6 Å². The average Bonchev–Trinajstić information content (AvgIpc) is 2.53. The van der Waals surface area contributed by atoms with Gasteiger partial charge in [-0.05, 0) is 31.5 Å². The van der Waals surface area contributed by atoms with Crippen molar-refractivity contribution >= 4 is 28.9 Å². The topological polar surface area (TPSA) is 29.9 Å². The van der Waals surface area contributed by atoms with Gasteiger partial charge in [0.25, 0.3) is 0 Å². The van der Waals surface area contributed by atoms with E-state index in [-0.39, 0.29) is 0 Å². The third kappa shape index (κ3) is 2.62. The predicted molar refractivity (Wildman–Crippen MR) is 76.5 cm³/mol. The van der Waals surface area contributed by atoms with Gasteiger partial charge in [-0.3, -0.25) is 4.68 Å². The highest BCUT2D eigenvalue weighted by molar-refractivity contribution is 6.33. The normalized spacial score (nSPS) is 10.7. The first-order valence-corrected chi connectivity index (χ1v) is 6.42. The molecule has 2 aromatic rings. The molecule has 0 unspecified atom stereocenters. The SMILES string of the molecule is Cc1ccc(NCc2c(Cl)c(C)nn2C)c(Cl)c1. The highest BCUT2D eigenvalue weighted by Crippen LogP contribution is 2.25. The molecule has 96 valence electrons. The molecule has 1 aromatic heterocycles. The number of halogens is 2. The molecular formula is C13H15Cl2N3. The Morgan fingerprint density at radius 3 is 2.56 bits per heavy atom. The van der Waals surface area contributed by atoms with Crippen molar-refractivity contribution in [3.63, 3.8) is 0 Å². The Balaban J connectivity index is 2.16. The molecule has 18 heavy (non-hydrogen) atoms. The van der Waals surface area contributed by atoms with Gasteiger partial charge in [-0.2, -0.15) is 5.10 Å². The molecule has 0 bridgehead atoms. The summed E-state index contributed by atoms with van der Waals surface area (Å²) in [5.74, 6) is 0. The lowest BCUT2D eigenvalue weighted by Gasteiger charge is -2.09. The first-order chi connectivity index (χ1) is 8.49.